The van der Waals surface area contributed by atoms with E-state index in [0.717, 1.165) is 56.9 Å². The summed E-state index contributed by atoms with van der Waals surface area (Å²) < 4.78 is 0. The fraction of sp³-hybridized carbons (Fsp3) is 0.625. The molecule has 5 heteroatoms. The highest BCUT2D eigenvalue weighted by atomic mass is 16.2. The van der Waals surface area contributed by atoms with E-state index in [1.54, 1.807) is 12.3 Å². The van der Waals surface area contributed by atoms with Crippen LogP contribution in [-0.4, -0.2) is 60.0 Å². The molecule has 1 aromatic rings. The zero-order valence-electron chi connectivity index (χ0n) is 13.1. The van der Waals surface area contributed by atoms with Crippen molar-refractivity contribution >= 4 is 5.91 Å². The molecule has 2 rings (SSSR count). The predicted octanol–water partition coefficient (Wildman–Crippen LogP) is 1.13. The molecule has 1 amide bonds. The summed E-state index contributed by atoms with van der Waals surface area (Å²) in [5.41, 5.74) is 7.32. The van der Waals surface area contributed by atoms with E-state index in [1.165, 1.54) is 0 Å². The van der Waals surface area contributed by atoms with Crippen molar-refractivity contribution in [1.82, 2.24) is 14.8 Å². The van der Waals surface area contributed by atoms with E-state index < -0.39 is 0 Å². The molecule has 0 aromatic carbocycles. The van der Waals surface area contributed by atoms with E-state index in [2.05, 4.69) is 16.8 Å². The van der Waals surface area contributed by atoms with Crippen molar-refractivity contribution in [2.75, 3.05) is 39.3 Å². The van der Waals surface area contributed by atoms with Crippen molar-refractivity contribution in [3.05, 3.63) is 29.6 Å². The number of hydrogen-bond donors (Lipinski definition) is 1. The van der Waals surface area contributed by atoms with E-state index in [-0.39, 0.29) is 5.91 Å². The Kier molecular flexibility index (Phi) is 5.70. The van der Waals surface area contributed by atoms with Crippen molar-refractivity contribution in [2.45, 2.75) is 20.3 Å². The van der Waals surface area contributed by atoms with Gasteiger partial charge in [0.2, 0.25) is 0 Å². The van der Waals surface area contributed by atoms with Crippen LogP contribution in [0.5, 0.6) is 0 Å². The van der Waals surface area contributed by atoms with Crippen LogP contribution in [0.4, 0.5) is 0 Å². The van der Waals surface area contributed by atoms with Gasteiger partial charge in [0.25, 0.3) is 5.91 Å². The zero-order valence-corrected chi connectivity index (χ0v) is 13.1. The summed E-state index contributed by atoms with van der Waals surface area (Å²) in [7, 11) is 0. The highest BCUT2D eigenvalue weighted by molar-refractivity contribution is 5.94. The van der Waals surface area contributed by atoms with Gasteiger partial charge in [0.05, 0.1) is 0 Å². The Hall–Kier alpha value is -1.46. The van der Waals surface area contributed by atoms with Crippen LogP contribution in [0.2, 0.25) is 0 Å². The third kappa shape index (κ3) is 4.51. The summed E-state index contributed by atoms with van der Waals surface area (Å²) in [4.78, 5) is 21.1. The van der Waals surface area contributed by atoms with Crippen LogP contribution in [0.3, 0.4) is 0 Å². The predicted molar refractivity (Wildman–Crippen MR) is 84.2 cm³/mol. The minimum absolute atomic E-state index is 0.120. The summed E-state index contributed by atoms with van der Waals surface area (Å²) >= 11 is 0. The van der Waals surface area contributed by atoms with Gasteiger partial charge < -0.3 is 15.5 Å². The largest absolute Gasteiger partial charge is 0.337 e. The van der Waals surface area contributed by atoms with Gasteiger partial charge in [-0.05, 0) is 44.5 Å². The summed E-state index contributed by atoms with van der Waals surface area (Å²) in [6, 6.07) is 3.66. The van der Waals surface area contributed by atoms with Crippen molar-refractivity contribution in [2.24, 2.45) is 11.7 Å². The number of aromatic nitrogens is 1. The first-order valence-corrected chi connectivity index (χ1v) is 7.74. The number of nitrogens with two attached hydrogens (primary N) is 1. The molecular weight excluding hydrogens is 264 g/mol. The number of nitrogens with zero attached hydrogens (tertiary/aromatic N) is 3. The molecule has 1 aliphatic rings. The first kappa shape index (κ1) is 15.9. The maximum absolute atomic E-state index is 12.5. The minimum Gasteiger partial charge on any atom is -0.337 e. The third-order valence-electron chi connectivity index (χ3n) is 3.99. The van der Waals surface area contributed by atoms with Crippen molar-refractivity contribution < 1.29 is 4.79 Å². The van der Waals surface area contributed by atoms with Crippen LogP contribution in [0.25, 0.3) is 0 Å². The van der Waals surface area contributed by atoms with Gasteiger partial charge in [-0.25, -0.2) is 0 Å². The smallest absolute Gasteiger partial charge is 0.254 e. The number of amides is 1. The van der Waals surface area contributed by atoms with Gasteiger partial charge in [-0.3, -0.25) is 9.78 Å². The van der Waals surface area contributed by atoms with Gasteiger partial charge in [0, 0.05) is 43.6 Å². The molecule has 0 saturated carbocycles. The Morgan fingerprint density at radius 1 is 1.38 bits per heavy atom. The number of carbonyl (C=O) groups is 1. The summed E-state index contributed by atoms with van der Waals surface area (Å²) in [6.45, 7) is 9.42. The molecule has 0 spiro atoms. The fourth-order valence-electron chi connectivity index (χ4n) is 2.73. The van der Waals surface area contributed by atoms with E-state index in [9.17, 15) is 4.79 Å². The molecule has 0 bridgehead atoms. The van der Waals surface area contributed by atoms with Crippen molar-refractivity contribution in [3.63, 3.8) is 0 Å². The lowest BCUT2D eigenvalue weighted by Gasteiger charge is -2.24. The molecule has 1 aliphatic heterocycles. The quantitative estimate of drug-likeness (QED) is 0.903. The number of hydrogen-bond acceptors (Lipinski definition) is 4. The molecule has 2 N–H and O–H groups in total. The van der Waals surface area contributed by atoms with Gasteiger partial charge in [-0.1, -0.05) is 6.92 Å². The van der Waals surface area contributed by atoms with Gasteiger partial charge in [-0.2, -0.15) is 0 Å². The van der Waals surface area contributed by atoms with E-state index in [0.29, 0.717) is 5.92 Å². The van der Waals surface area contributed by atoms with Gasteiger partial charge in [-0.15, -0.1) is 0 Å². The average Bonchev–Trinajstić information content (AvgIpc) is 2.72. The molecule has 21 heavy (non-hydrogen) atoms. The summed E-state index contributed by atoms with van der Waals surface area (Å²) in [5.74, 6) is 0.629. The van der Waals surface area contributed by atoms with Gasteiger partial charge in [0.1, 0.15) is 0 Å². The van der Waals surface area contributed by atoms with Crippen LogP contribution in [-0.2, 0) is 0 Å². The molecule has 1 atom stereocenters. The molecule has 0 aliphatic carbocycles. The van der Waals surface area contributed by atoms with Crippen LogP contribution < -0.4 is 5.73 Å². The fourth-order valence-corrected chi connectivity index (χ4v) is 2.73. The zero-order chi connectivity index (χ0) is 15.2. The number of carbonyl (C=O) groups excluding carboxylic acids is 1. The Morgan fingerprint density at radius 3 is 2.90 bits per heavy atom. The molecule has 5 nitrogen and oxygen atoms in total. The van der Waals surface area contributed by atoms with E-state index in [4.69, 9.17) is 5.73 Å². The number of aryl methyl sites for hydroxylation is 1. The Labute approximate surface area is 127 Å². The molecule has 2 heterocycles. The Balaban J connectivity index is 1.95. The summed E-state index contributed by atoms with van der Waals surface area (Å²) in [5, 5.41) is 0. The summed E-state index contributed by atoms with van der Waals surface area (Å²) in [6.07, 6.45) is 2.72. The maximum Gasteiger partial charge on any atom is 0.254 e. The lowest BCUT2D eigenvalue weighted by Crippen LogP contribution is -2.37. The lowest BCUT2D eigenvalue weighted by atomic mass is 10.1. The van der Waals surface area contributed by atoms with Crippen LogP contribution >= 0.6 is 0 Å². The second kappa shape index (κ2) is 7.52. The molecule has 1 fully saturated rings. The highest BCUT2D eigenvalue weighted by Gasteiger charge is 2.21. The molecule has 1 unspecified atom stereocenters. The maximum atomic E-state index is 12.5. The monoisotopic (exact) mass is 290 g/mol. The van der Waals surface area contributed by atoms with Gasteiger partial charge in [0.15, 0.2) is 0 Å². The third-order valence-corrected chi connectivity index (χ3v) is 3.99. The topological polar surface area (TPSA) is 62.5 Å². The minimum atomic E-state index is 0.120. The lowest BCUT2D eigenvalue weighted by molar-refractivity contribution is 0.0760. The molecule has 116 valence electrons. The second-order valence-electron chi connectivity index (χ2n) is 5.97. The van der Waals surface area contributed by atoms with Crippen LogP contribution in [0.1, 0.15) is 29.4 Å². The van der Waals surface area contributed by atoms with Gasteiger partial charge >= 0.3 is 0 Å². The van der Waals surface area contributed by atoms with Crippen LogP contribution in [0, 0.1) is 12.8 Å². The SMILES string of the molecule is Cc1cc(C(=O)N2CCCN(CC(C)CN)CC2)ccn1. The van der Waals surface area contributed by atoms with Crippen molar-refractivity contribution in [1.29, 1.82) is 0 Å². The normalized spacial score (nSPS) is 18.3. The first-order chi connectivity index (χ1) is 10.1. The highest BCUT2D eigenvalue weighted by Crippen LogP contribution is 2.11. The van der Waals surface area contributed by atoms with E-state index in [1.807, 2.05) is 17.9 Å². The average molecular weight is 290 g/mol. The molecular formula is C16H26N4O. The first-order valence-electron chi connectivity index (χ1n) is 7.74. The number of rotatable bonds is 4. The number of pyridine rings is 1. The van der Waals surface area contributed by atoms with Crippen LogP contribution in [0.15, 0.2) is 18.3 Å². The molecule has 1 saturated heterocycles. The standard InChI is InChI=1S/C16H26N4O/c1-13(11-17)12-19-6-3-7-20(9-8-19)16(21)15-4-5-18-14(2)10-15/h4-5,10,13H,3,6-9,11-12,17H2,1-2H3. The van der Waals surface area contributed by atoms with Crippen molar-refractivity contribution in [3.8, 4) is 0 Å². The Morgan fingerprint density at radius 2 is 2.19 bits per heavy atom. The molecule has 1 aromatic heterocycles. The Bertz CT molecular complexity index is 477. The molecule has 0 radical (unpaired) electrons. The van der Waals surface area contributed by atoms with E-state index >= 15 is 0 Å². The second-order valence-corrected chi connectivity index (χ2v) is 5.97.